The van der Waals surface area contributed by atoms with Crippen LogP contribution in [0.15, 0.2) is 30.5 Å². The average Bonchev–Trinajstić information content (AvgIpc) is 3.19. The number of aliphatic carboxylic acids is 1. The van der Waals surface area contributed by atoms with Gasteiger partial charge in [0.1, 0.15) is 0 Å². The van der Waals surface area contributed by atoms with E-state index in [-0.39, 0.29) is 25.2 Å². The van der Waals surface area contributed by atoms with Crippen molar-refractivity contribution in [3.63, 3.8) is 0 Å². The predicted molar refractivity (Wildman–Crippen MR) is 89.6 cm³/mol. The number of nitrogens with zero attached hydrogens (tertiary/aromatic N) is 3. The van der Waals surface area contributed by atoms with Gasteiger partial charge < -0.3 is 10.0 Å². The van der Waals surface area contributed by atoms with Gasteiger partial charge in [-0.2, -0.15) is 18.3 Å². The molecule has 1 aliphatic rings. The number of carboxylic acids is 1. The van der Waals surface area contributed by atoms with Gasteiger partial charge in [0.25, 0.3) is 5.91 Å². The molecule has 3 rings (SSSR count). The van der Waals surface area contributed by atoms with Gasteiger partial charge in [-0.15, -0.1) is 0 Å². The van der Waals surface area contributed by atoms with Crippen molar-refractivity contribution in [1.29, 1.82) is 0 Å². The zero-order valence-corrected chi connectivity index (χ0v) is 14.7. The molecule has 9 heteroatoms. The highest BCUT2D eigenvalue weighted by Crippen LogP contribution is 2.36. The summed E-state index contributed by atoms with van der Waals surface area (Å²) in [5.74, 6) is -1.95. The number of hydrogen-bond donors (Lipinski definition) is 1. The third-order valence-electron chi connectivity index (χ3n) is 4.89. The highest BCUT2D eigenvalue weighted by Gasteiger charge is 2.46. The zero-order chi connectivity index (χ0) is 20.0. The Morgan fingerprint density at radius 3 is 2.48 bits per heavy atom. The molecule has 1 aromatic carbocycles. The van der Waals surface area contributed by atoms with Crippen LogP contribution < -0.4 is 0 Å². The molecule has 0 aliphatic carbocycles. The molecule has 144 valence electrons. The van der Waals surface area contributed by atoms with Crippen LogP contribution in [0.5, 0.6) is 0 Å². The van der Waals surface area contributed by atoms with E-state index in [0.29, 0.717) is 5.56 Å². The number of amides is 1. The number of carbonyl (C=O) groups excluding carboxylic acids is 1. The molecular formula is C18H18F3N3O3. The van der Waals surface area contributed by atoms with E-state index >= 15 is 0 Å². The van der Waals surface area contributed by atoms with Crippen LogP contribution in [0.2, 0.25) is 0 Å². The number of carbonyl (C=O) groups is 2. The Bertz CT molecular complexity index is 907. The first-order chi connectivity index (χ1) is 12.5. The minimum atomic E-state index is -4.81. The van der Waals surface area contributed by atoms with Gasteiger partial charge in [-0.3, -0.25) is 9.59 Å². The van der Waals surface area contributed by atoms with Gasteiger partial charge in [0.15, 0.2) is 5.69 Å². The summed E-state index contributed by atoms with van der Waals surface area (Å²) < 4.78 is 42.0. The van der Waals surface area contributed by atoms with Crippen LogP contribution in [0.1, 0.15) is 35.0 Å². The number of para-hydroxylation sites is 1. The Kier molecular flexibility index (Phi) is 4.49. The van der Waals surface area contributed by atoms with Gasteiger partial charge >= 0.3 is 12.1 Å². The van der Waals surface area contributed by atoms with Gasteiger partial charge in [-0.25, -0.2) is 4.68 Å². The summed E-state index contributed by atoms with van der Waals surface area (Å²) in [5, 5.41) is 13.1. The molecule has 1 atom stereocenters. The lowest BCUT2D eigenvalue weighted by molar-refractivity contribution is -0.147. The molecule has 0 saturated carbocycles. The van der Waals surface area contributed by atoms with Crippen molar-refractivity contribution in [3.8, 4) is 5.69 Å². The number of aromatic nitrogens is 2. The van der Waals surface area contributed by atoms with Crippen LogP contribution in [-0.2, 0) is 11.0 Å². The molecule has 0 spiro atoms. The summed E-state index contributed by atoms with van der Waals surface area (Å²) in [4.78, 5) is 25.2. The molecule has 0 bridgehead atoms. The van der Waals surface area contributed by atoms with Crippen molar-refractivity contribution in [2.75, 3.05) is 13.1 Å². The maximum absolute atomic E-state index is 13.8. The number of aryl methyl sites for hydroxylation is 1. The number of hydrogen-bond acceptors (Lipinski definition) is 3. The molecule has 1 aliphatic heterocycles. The van der Waals surface area contributed by atoms with Crippen LogP contribution in [0.4, 0.5) is 13.2 Å². The monoisotopic (exact) mass is 381 g/mol. The quantitative estimate of drug-likeness (QED) is 0.886. The highest BCUT2D eigenvalue weighted by atomic mass is 19.4. The van der Waals surface area contributed by atoms with E-state index in [1.807, 2.05) is 0 Å². The molecule has 0 radical (unpaired) electrons. The van der Waals surface area contributed by atoms with E-state index in [1.165, 1.54) is 13.0 Å². The summed E-state index contributed by atoms with van der Waals surface area (Å²) in [6, 6.07) is 6.42. The van der Waals surface area contributed by atoms with Crippen LogP contribution in [-0.4, -0.2) is 44.8 Å². The zero-order valence-electron chi connectivity index (χ0n) is 14.7. The van der Waals surface area contributed by atoms with Crippen molar-refractivity contribution in [2.24, 2.45) is 5.41 Å². The Morgan fingerprint density at radius 1 is 1.26 bits per heavy atom. The van der Waals surface area contributed by atoms with Crippen molar-refractivity contribution in [3.05, 3.63) is 47.3 Å². The maximum atomic E-state index is 13.8. The van der Waals surface area contributed by atoms with Crippen molar-refractivity contribution < 1.29 is 27.9 Å². The van der Waals surface area contributed by atoms with Gasteiger partial charge in [-0.1, -0.05) is 18.2 Å². The SMILES string of the molecule is Cc1ccccc1-n1ncc(C(=O)N2CCC(C)(C(=O)O)C2)c1C(F)(F)F. The standard InChI is InChI=1S/C18H18F3N3O3/c1-11-5-3-4-6-13(11)24-14(18(19,20)21)12(9-22-24)15(25)23-8-7-17(2,10-23)16(26)27/h3-6,9H,7-8,10H2,1-2H3,(H,26,27). The summed E-state index contributed by atoms with van der Waals surface area (Å²) in [5.41, 5.74) is -2.11. The fourth-order valence-electron chi connectivity index (χ4n) is 3.24. The molecule has 2 heterocycles. The first-order valence-electron chi connectivity index (χ1n) is 8.28. The third kappa shape index (κ3) is 3.29. The Labute approximate surface area is 153 Å². The second-order valence-corrected chi connectivity index (χ2v) is 6.95. The minimum absolute atomic E-state index is 0.0779. The van der Waals surface area contributed by atoms with Crippen LogP contribution in [0.3, 0.4) is 0 Å². The number of likely N-dealkylation sites (tertiary alicyclic amines) is 1. The smallest absolute Gasteiger partial charge is 0.434 e. The minimum Gasteiger partial charge on any atom is -0.481 e. The number of benzene rings is 1. The first-order valence-corrected chi connectivity index (χ1v) is 8.28. The van der Waals surface area contributed by atoms with Crippen LogP contribution in [0.25, 0.3) is 5.69 Å². The van der Waals surface area contributed by atoms with Gasteiger partial charge in [-0.05, 0) is 31.9 Å². The molecule has 1 saturated heterocycles. The van der Waals surface area contributed by atoms with Crippen LogP contribution in [0, 0.1) is 12.3 Å². The van der Waals surface area contributed by atoms with E-state index in [1.54, 1.807) is 25.1 Å². The first kappa shape index (κ1) is 18.9. The van der Waals surface area contributed by atoms with Crippen molar-refractivity contribution in [1.82, 2.24) is 14.7 Å². The highest BCUT2D eigenvalue weighted by molar-refractivity contribution is 5.96. The second kappa shape index (κ2) is 6.40. The molecule has 6 nitrogen and oxygen atoms in total. The average molecular weight is 381 g/mol. The Balaban J connectivity index is 2.04. The van der Waals surface area contributed by atoms with Gasteiger partial charge in [0.05, 0.1) is 22.9 Å². The lowest BCUT2D eigenvalue weighted by atomic mass is 9.90. The number of halogens is 3. The lowest BCUT2D eigenvalue weighted by Crippen LogP contribution is -2.35. The van der Waals surface area contributed by atoms with Crippen molar-refractivity contribution in [2.45, 2.75) is 26.4 Å². The molecular weight excluding hydrogens is 363 g/mol. The van der Waals surface area contributed by atoms with Gasteiger partial charge in [0, 0.05) is 13.1 Å². The van der Waals surface area contributed by atoms with E-state index in [4.69, 9.17) is 0 Å². The third-order valence-corrected chi connectivity index (χ3v) is 4.89. The summed E-state index contributed by atoms with van der Waals surface area (Å²) in [6.45, 7) is 3.06. The Hall–Kier alpha value is -2.84. The van der Waals surface area contributed by atoms with Crippen LogP contribution >= 0.6 is 0 Å². The molecule has 1 fully saturated rings. The second-order valence-electron chi connectivity index (χ2n) is 6.95. The largest absolute Gasteiger partial charge is 0.481 e. The maximum Gasteiger partial charge on any atom is 0.434 e. The molecule has 1 amide bonds. The van der Waals surface area contributed by atoms with E-state index in [2.05, 4.69) is 5.10 Å². The molecule has 1 aromatic heterocycles. The van der Waals surface area contributed by atoms with E-state index in [0.717, 1.165) is 15.8 Å². The number of rotatable bonds is 3. The molecule has 2 aromatic rings. The normalized spacial score (nSPS) is 20.1. The topological polar surface area (TPSA) is 75.4 Å². The van der Waals surface area contributed by atoms with Gasteiger partial charge in [0.2, 0.25) is 0 Å². The summed E-state index contributed by atoms with van der Waals surface area (Å²) in [7, 11) is 0. The van der Waals surface area contributed by atoms with Crippen molar-refractivity contribution >= 4 is 11.9 Å². The summed E-state index contributed by atoms with van der Waals surface area (Å²) >= 11 is 0. The lowest BCUT2D eigenvalue weighted by Gasteiger charge is -2.21. The Morgan fingerprint density at radius 2 is 1.93 bits per heavy atom. The predicted octanol–water partition coefficient (Wildman–Crippen LogP) is 3.14. The molecule has 27 heavy (non-hydrogen) atoms. The number of carboxylic acid groups (broad SMARTS) is 1. The van der Waals surface area contributed by atoms with E-state index < -0.39 is 34.7 Å². The van der Waals surface area contributed by atoms with E-state index in [9.17, 15) is 27.9 Å². The summed E-state index contributed by atoms with van der Waals surface area (Å²) in [6.07, 6.45) is -3.73. The molecule has 1 N–H and O–H groups in total. The molecule has 1 unspecified atom stereocenters. The number of alkyl halides is 3. The fraction of sp³-hybridized carbons (Fsp3) is 0.389. The fourth-order valence-corrected chi connectivity index (χ4v) is 3.24.